The summed E-state index contributed by atoms with van der Waals surface area (Å²) in [4.78, 5) is 0. The number of aromatic nitrogens is 2. The third kappa shape index (κ3) is 4.28. The zero-order valence-corrected chi connectivity index (χ0v) is 22.6. The van der Waals surface area contributed by atoms with E-state index in [9.17, 15) is 0 Å². The minimum absolute atomic E-state index is 0.278. The van der Waals surface area contributed by atoms with Gasteiger partial charge in [0.25, 0.3) is 0 Å². The van der Waals surface area contributed by atoms with E-state index in [-0.39, 0.29) is 12.2 Å². The lowest BCUT2D eigenvalue weighted by Gasteiger charge is -2.10. The molecule has 6 nitrogen and oxygen atoms in total. The van der Waals surface area contributed by atoms with Crippen molar-refractivity contribution >= 4 is 43.6 Å². The standard InChI is InChI=1S/C34H32N2O4/c1-2-35-31-10-7-22(16-37-18-25-20-39-25)14-29(31)30-15-24(9-12-32(30)35)36-33-6-4-3-5-27(33)28-13-23(8-11-34(28)36)17-38-19-26-21-40-26/h3-15,25-26H,2,16-21H2,1H3. The number of benzene rings is 4. The van der Waals surface area contributed by atoms with Gasteiger partial charge in [-0.05, 0) is 66.6 Å². The predicted molar refractivity (Wildman–Crippen MR) is 158 cm³/mol. The zero-order valence-electron chi connectivity index (χ0n) is 22.6. The van der Waals surface area contributed by atoms with E-state index < -0.39 is 0 Å². The predicted octanol–water partition coefficient (Wildman–Crippen LogP) is 6.74. The first-order valence-electron chi connectivity index (χ1n) is 14.2. The summed E-state index contributed by atoms with van der Waals surface area (Å²) in [5.41, 5.74) is 8.45. The number of rotatable bonds is 10. The Labute approximate surface area is 232 Å². The molecule has 4 heterocycles. The smallest absolute Gasteiger partial charge is 0.104 e. The molecule has 2 aromatic heterocycles. The van der Waals surface area contributed by atoms with Crippen molar-refractivity contribution in [1.29, 1.82) is 0 Å². The monoisotopic (exact) mass is 532 g/mol. The summed E-state index contributed by atoms with van der Waals surface area (Å²) in [7, 11) is 0. The first-order chi connectivity index (χ1) is 19.8. The van der Waals surface area contributed by atoms with Gasteiger partial charge in [0, 0.05) is 44.8 Å². The molecule has 2 fully saturated rings. The largest absolute Gasteiger partial charge is 0.374 e. The maximum Gasteiger partial charge on any atom is 0.104 e. The molecule has 2 atom stereocenters. The number of nitrogens with zero attached hydrogens (tertiary/aromatic N) is 2. The summed E-state index contributed by atoms with van der Waals surface area (Å²) in [6, 6.07) is 29.0. The average Bonchev–Trinajstić information content (AvgIpc) is 3.92. The van der Waals surface area contributed by atoms with Crippen molar-refractivity contribution in [2.75, 3.05) is 26.4 Å². The Morgan fingerprint density at radius 3 is 1.85 bits per heavy atom. The van der Waals surface area contributed by atoms with Gasteiger partial charge in [0.1, 0.15) is 12.2 Å². The Kier molecular flexibility index (Phi) is 5.89. The van der Waals surface area contributed by atoms with Gasteiger partial charge in [0.2, 0.25) is 0 Å². The molecule has 0 radical (unpaired) electrons. The van der Waals surface area contributed by atoms with E-state index in [4.69, 9.17) is 18.9 Å². The normalized spacial score (nSPS) is 18.4. The second-order valence-corrected chi connectivity index (χ2v) is 10.9. The average molecular weight is 533 g/mol. The Balaban J connectivity index is 1.23. The van der Waals surface area contributed by atoms with E-state index in [0.717, 1.165) is 25.4 Å². The van der Waals surface area contributed by atoms with Crippen molar-refractivity contribution in [2.24, 2.45) is 0 Å². The molecule has 2 unspecified atom stereocenters. The molecule has 2 aliphatic rings. The number of fused-ring (bicyclic) bond motifs is 6. The number of hydrogen-bond donors (Lipinski definition) is 0. The lowest BCUT2D eigenvalue weighted by atomic mass is 10.1. The van der Waals surface area contributed by atoms with Crippen molar-refractivity contribution in [2.45, 2.75) is 38.9 Å². The lowest BCUT2D eigenvalue weighted by Crippen LogP contribution is -2.01. The van der Waals surface area contributed by atoms with Gasteiger partial charge in [-0.3, -0.25) is 0 Å². The SMILES string of the molecule is CCn1c2ccc(COCC3CO3)cc2c2cc(-n3c4ccccc4c4cc(COCC5CO5)ccc43)ccc21. The van der Waals surface area contributed by atoms with Crippen LogP contribution in [0, 0.1) is 0 Å². The molecule has 4 aromatic carbocycles. The molecule has 6 aromatic rings. The highest BCUT2D eigenvalue weighted by Crippen LogP contribution is 2.36. The fourth-order valence-corrected chi connectivity index (χ4v) is 6.04. The van der Waals surface area contributed by atoms with E-state index in [1.54, 1.807) is 0 Å². The Morgan fingerprint density at radius 2 is 1.20 bits per heavy atom. The molecular weight excluding hydrogens is 500 g/mol. The van der Waals surface area contributed by atoms with Crippen LogP contribution in [0.2, 0.25) is 0 Å². The maximum atomic E-state index is 5.91. The number of hydrogen-bond acceptors (Lipinski definition) is 4. The first-order valence-corrected chi connectivity index (χ1v) is 14.2. The summed E-state index contributed by atoms with van der Waals surface area (Å²) < 4.78 is 27.2. The van der Waals surface area contributed by atoms with Gasteiger partial charge in [-0.1, -0.05) is 30.3 Å². The summed E-state index contributed by atoms with van der Waals surface area (Å²) in [5, 5.41) is 5.02. The van der Waals surface area contributed by atoms with Crippen LogP contribution in [-0.2, 0) is 38.7 Å². The molecule has 40 heavy (non-hydrogen) atoms. The summed E-state index contributed by atoms with van der Waals surface area (Å²) in [6.07, 6.45) is 0.556. The number of epoxide rings is 2. The van der Waals surface area contributed by atoms with Crippen molar-refractivity contribution in [1.82, 2.24) is 9.13 Å². The molecule has 8 rings (SSSR count). The van der Waals surface area contributed by atoms with Crippen LogP contribution >= 0.6 is 0 Å². The van der Waals surface area contributed by atoms with Crippen LogP contribution in [-0.4, -0.2) is 47.8 Å². The summed E-state index contributed by atoms with van der Waals surface area (Å²) in [6.45, 7) is 7.28. The zero-order chi connectivity index (χ0) is 26.6. The van der Waals surface area contributed by atoms with E-state index in [1.165, 1.54) is 54.7 Å². The highest BCUT2D eigenvalue weighted by Gasteiger charge is 2.23. The van der Waals surface area contributed by atoms with E-state index in [1.807, 2.05) is 0 Å². The number of para-hydroxylation sites is 1. The Morgan fingerprint density at radius 1 is 0.650 bits per heavy atom. The molecule has 0 saturated carbocycles. The van der Waals surface area contributed by atoms with E-state index in [0.29, 0.717) is 26.4 Å². The fourth-order valence-electron chi connectivity index (χ4n) is 6.04. The Hall–Kier alpha value is -3.68. The number of ether oxygens (including phenoxy) is 4. The molecule has 202 valence electrons. The molecule has 2 aliphatic heterocycles. The van der Waals surface area contributed by atoms with Crippen LogP contribution in [0.15, 0.2) is 78.9 Å². The molecule has 2 saturated heterocycles. The second kappa shape index (κ2) is 9.75. The minimum atomic E-state index is 0.278. The first kappa shape index (κ1) is 24.1. The topological polar surface area (TPSA) is 53.4 Å². The van der Waals surface area contributed by atoms with Gasteiger partial charge in [-0.15, -0.1) is 0 Å². The second-order valence-electron chi connectivity index (χ2n) is 10.9. The minimum Gasteiger partial charge on any atom is -0.374 e. The molecular formula is C34H32N2O4. The van der Waals surface area contributed by atoms with Gasteiger partial charge < -0.3 is 28.1 Å². The van der Waals surface area contributed by atoms with Crippen molar-refractivity contribution in [3.05, 3.63) is 90.0 Å². The molecule has 0 aliphatic carbocycles. The van der Waals surface area contributed by atoms with Crippen molar-refractivity contribution < 1.29 is 18.9 Å². The van der Waals surface area contributed by atoms with Crippen LogP contribution in [0.4, 0.5) is 0 Å². The van der Waals surface area contributed by atoms with Gasteiger partial charge in [-0.2, -0.15) is 0 Å². The van der Waals surface area contributed by atoms with Crippen LogP contribution in [0.5, 0.6) is 0 Å². The Bertz CT molecular complexity index is 1880. The quantitative estimate of drug-likeness (QED) is 0.183. The van der Waals surface area contributed by atoms with Gasteiger partial charge >= 0.3 is 0 Å². The maximum absolute atomic E-state index is 5.91. The highest BCUT2D eigenvalue weighted by molar-refractivity contribution is 6.11. The van der Waals surface area contributed by atoms with Gasteiger partial charge in [-0.25, -0.2) is 0 Å². The van der Waals surface area contributed by atoms with Gasteiger partial charge in [0.15, 0.2) is 0 Å². The lowest BCUT2D eigenvalue weighted by molar-refractivity contribution is 0.104. The molecule has 0 amide bonds. The summed E-state index contributed by atoms with van der Waals surface area (Å²) >= 11 is 0. The van der Waals surface area contributed by atoms with E-state index >= 15 is 0 Å². The van der Waals surface area contributed by atoms with Gasteiger partial charge in [0.05, 0.1) is 50.7 Å². The highest BCUT2D eigenvalue weighted by atomic mass is 16.6. The third-order valence-corrected chi connectivity index (χ3v) is 8.17. The number of aryl methyl sites for hydroxylation is 1. The molecule has 0 spiro atoms. The van der Waals surface area contributed by atoms with Crippen LogP contribution in [0.25, 0.3) is 49.3 Å². The fraction of sp³-hybridized carbons (Fsp3) is 0.294. The van der Waals surface area contributed by atoms with Crippen molar-refractivity contribution in [3.63, 3.8) is 0 Å². The third-order valence-electron chi connectivity index (χ3n) is 8.17. The summed E-state index contributed by atoms with van der Waals surface area (Å²) in [5.74, 6) is 0. The molecule has 6 heteroatoms. The van der Waals surface area contributed by atoms with Crippen LogP contribution in [0.3, 0.4) is 0 Å². The van der Waals surface area contributed by atoms with Crippen LogP contribution < -0.4 is 0 Å². The van der Waals surface area contributed by atoms with Crippen molar-refractivity contribution in [3.8, 4) is 5.69 Å². The molecule has 0 bridgehead atoms. The van der Waals surface area contributed by atoms with E-state index in [2.05, 4.69) is 94.9 Å². The molecule has 0 N–H and O–H groups in total. The van der Waals surface area contributed by atoms with Crippen LogP contribution in [0.1, 0.15) is 18.1 Å².